The van der Waals surface area contributed by atoms with E-state index in [0.29, 0.717) is 38.4 Å². The van der Waals surface area contributed by atoms with Crippen molar-refractivity contribution >= 4 is 23.7 Å². The summed E-state index contributed by atoms with van der Waals surface area (Å²) in [7, 11) is 1.40. The molecule has 2 aliphatic carbocycles. The number of carbonyl (C=O) groups excluding carboxylic acids is 4. The van der Waals surface area contributed by atoms with Gasteiger partial charge < -0.3 is 24.2 Å². The van der Waals surface area contributed by atoms with Gasteiger partial charge in [0.15, 0.2) is 0 Å². The normalized spacial score (nSPS) is 29.7. The molecule has 3 aliphatic heterocycles. The molecule has 0 aromatic heterocycles. The number of methoxy groups -OCH3 is 1. The summed E-state index contributed by atoms with van der Waals surface area (Å²) < 4.78 is 12.2. The number of carbonyl (C=O) groups is 4. The molecule has 1 aromatic carbocycles. The fourth-order valence-corrected chi connectivity index (χ4v) is 7.08. The van der Waals surface area contributed by atoms with Crippen LogP contribution in [-0.2, 0) is 35.2 Å². The van der Waals surface area contributed by atoms with Gasteiger partial charge >= 0.3 is 5.97 Å². The Balaban J connectivity index is 1.31. The molecule has 4 fully saturated rings. The number of esters is 1. The van der Waals surface area contributed by atoms with Gasteiger partial charge in [-0.3, -0.25) is 19.2 Å². The van der Waals surface area contributed by atoms with Crippen molar-refractivity contribution in [1.29, 1.82) is 0 Å². The molecule has 9 nitrogen and oxygen atoms in total. The zero-order chi connectivity index (χ0) is 29.6. The highest BCUT2D eigenvalue weighted by atomic mass is 16.5. The molecule has 0 radical (unpaired) electrons. The summed E-state index contributed by atoms with van der Waals surface area (Å²) in [6, 6.07) is 9.76. The molecule has 0 N–H and O–H groups in total. The minimum absolute atomic E-state index is 0.0116. The Hall–Kier alpha value is -3.20. The monoisotopic (exact) mass is 577 g/mol. The number of piperazine rings is 1. The van der Waals surface area contributed by atoms with Gasteiger partial charge in [-0.2, -0.15) is 0 Å². The van der Waals surface area contributed by atoms with E-state index in [4.69, 9.17) is 9.47 Å². The smallest absolute Gasteiger partial charge is 0.320 e. The predicted octanol–water partition coefficient (Wildman–Crippen LogP) is 3.38. The zero-order valence-corrected chi connectivity index (χ0v) is 25.0. The van der Waals surface area contributed by atoms with Crippen LogP contribution in [0.1, 0.15) is 57.9 Å². The van der Waals surface area contributed by atoms with Crippen LogP contribution in [0.5, 0.6) is 0 Å². The molecule has 0 unspecified atom stereocenters. The second kappa shape index (κ2) is 11.5. The van der Waals surface area contributed by atoms with Crippen LogP contribution in [0.3, 0.4) is 0 Å². The molecule has 2 saturated heterocycles. The van der Waals surface area contributed by atoms with E-state index in [-0.39, 0.29) is 54.4 Å². The molecule has 226 valence electrons. The van der Waals surface area contributed by atoms with Crippen LogP contribution >= 0.6 is 0 Å². The Labute approximate surface area is 248 Å². The molecule has 0 bridgehead atoms. The van der Waals surface area contributed by atoms with Crippen LogP contribution in [-0.4, -0.2) is 83.9 Å². The summed E-state index contributed by atoms with van der Waals surface area (Å²) in [5.41, 5.74) is 0.454. The highest BCUT2D eigenvalue weighted by Crippen LogP contribution is 2.56. The van der Waals surface area contributed by atoms with Gasteiger partial charge in [-0.25, -0.2) is 0 Å². The van der Waals surface area contributed by atoms with Crippen molar-refractivity contribution in [3.63, 3.8) is 0 Å². The number of nitrogens with zero attached hydrogens (tertiary/aromatic N) is 3. The van der Waals surface area contributed by atoms with Gasteiger partial charge in [0.2, 0.25) is 17.7 Å². The molecule has 6 rings (SSSR count). The van der Waals surface area contributed by atoms with E-state index in [1.165, 1.54) is 7.11 Å². The fraction of sp³-hybridized carbons (Fsp3) is 0.636. The minimum Gasteiger partial charge on any atom is -0.468 e. The van der Waals surface area contributed by atoms with E-state index >= 15 is 0 Å². The molecule has 0 spiro atoms. The first kappa shape index (κ1) is 28.9. The molecule has 3 heterocycles. The lowest BCUT2D eigenvalue weighted by atomic mass is 9.64. The molecule has 42 heavy (non-hydrogen) atoms. The van der Waals surface area contributed by atoms with Gasteiger partial charge in [0, 0.05) is 50.1 Å². The molecular weight excluding hydrogens is 534 g/mol. The highest BCUT2D eigenvalue weighted by molar-refractivity contribution is 5.93. The second-order valence-corrected chi connectivity index (χ2v) is 13.1. The van der Waals surface area contributed by atoms with Crippen LogP contribution in [0.15, 0.2) is 42.1 Å². The van der Waals surface area contributed by atoms with Crippen LogP contribution < -0.4 is 0 Å². The third-order valence-corrected chi connectivity index (χ3v) is 9.78. The Morgan fingerprint density at radius 2 is 1.67 bits per heavy atom. The number of hydrogen-bond acceptors (Lipinski definition) is 6. The third kappa shape index (κ3) is 5.36. The van der Waals surface area contributed by atoms with Crippen molar-refractivity contribution in [3.8, 4) is 0 Å². The first-order chi connectivity index (χ1) is 20.2. The van der Waals surface area contributed by atoms with Crippen LogP contribution in [0.4, 0.5) is 0 Å². The molecular formula is C33H43N3O6. The van der Waals surface area contributed by atoms with E-state index in [2.05, 4.69) is 13.8 Å². The van der Waals surface area contributed by atoms with E-state index in [9.17, 15) is 19.2 Å². The van der Waals surface area contributed by atoms with Gasteiger partial charge in [0.25, 0.3) is 0 Å². The van der Waals surface area contributed by atoms with Crippen molar-refractivity contribution in [2.45, 2.75) is 71.1 Å². The van der Waals surface area contributed by atoms with Crippen LogP contribution in [0, 0.1) is 29.1 Å². The summed E-state index contributed by atoms with van der Waals surface area (Å²) >= 11 is 0. The highest BCUT2D eigenvalue weighted by Gasteiger charge is 2.64. The lowest BCUT2D eigenvalue weighted by Crippen LogP contribution is -2.62. The van der Waals surface area contributed by atoms with Gasteiger partial charge in [-0.1, -0.05) is 44.2 Å². The van der Waals surface area contributed by atoms with E-state index in [0.717, 1.165) is 31.2 Å². The third-order valence-electron chi connectivity index (χ3n) is 9.78. The van der Waals surface area contributed by atoms with Gasteiger partial charge in [-0.05, 0) is 55.6 Å². The number of hydrogen-bond donors (Lipinski definition) is 0. The standard InChI is InChI=1S/C33H43N3O6/c1-21(2)26-18-27-33(32(40)41-3,29(42-26)23-9-10-23)19-25(31(39)36(27)20-22-7-5-4-6-8-22)17-28(37)34-13-15-35(16-14-34)30(38)24-11-12-24/h4-8,18,21,23-26,29H,9-17,19-20H2,1-3H3/t25-,26+,29+,33+/m0/s1. The fourth-order valence-electron chi connectivity index (χ4n) is 7.08. The average Bonchev–Trinajstić information content (AvgIpc) is 3.92. The first-order valence-corrected chi connectivity index (χ1v) is 15.6. The largest absolute Gasteiger partial charge is 0.468 e. The topological polar surface area (TPSA) is 96.5 Å². The Bertz CT molecular complexity index is 1250. The number of benzene rings is 1. The average molecular weight is 578 g/mol. The van der Waals surface area contributed by atoms with E-state index in [1.807, 2.05) is 41.3 Å². The summed E-state index contributed by atoms with van der Waals surface area (Å²) in [5, 5.41) is 0. The maximum absolute atomic E-state index is 14.3. The number of likely N-dealkylation sites (tertiary alicyclic amines) is 1. The molecule has 9 heteroatoms. The number of amides is 3. The Morgan fingerprint density at radius 1 is 1.00 bits per heavy atom. The van der Waals surface area contributed by atoms with Crippen molar-refractivity contribution in [2.75, 3.05) is 33.3 Å². The van der Waals surface area contributed by atoms with Crippen molar-refractivity contribution in [3.05, 3.63) is 47.7 Å². The number of piperidine rings is 1. The summed E-state index contributed by atoms with van der Waals surface area (Å²) in [4.78, 5) is 59.8. The zero-order valence-electron chi connectivity index (χ0n) is 25.0. The van der Waals surface area contributed by atoms with Gasteiger partial charge in [0.1, 0.15) is 5.41 Å². The summed E-state index contributed by atoms with van der Waals surface area (Å²) in [5.74, 6) is -0.622. The van der Waals surface area contributed by atoms with Crippen molar-refractivity contribution < 1.29 is 28.7 Å². The maximum atomic E-state index is 14.3. The quantitative estimate of drug-likeness (QED) is 0.440. The number of rotatable bonds is 8. The molecule has 5 aliphatic rings. The Morgan fingerprint density at radius 3 is 2.26 bits per heavy atom. The lowest BCUT2D eigenvalue weighted by Gasteiger charge is -2.53. The summed E-state index contributed by atoms with van der Waals surface area (Å²) in [6.45, 7) is 6.44. The first-order valence-electron chi connectivity index (χ1n) is 15.6. The predicted molar refractivity (Wildman–Crippen MR) is 154 cm³/mol. The van der Waals surface area contributed by atoms with Crippen LogP contribution in [0.2, 0.25) is 0 Å². The molecule has 2 saturated carbocycles. The number of ether oxygens (including phenoxy) is 2. The SMILES string of the molecule is COC(=O)[C@]12C[C@H](CC(=O)N3CCN(C(=O)C4CC4)CC3)C(=O)N(Cc3ccccc3)C1=C[C@H](C(C)C)O[C@@H]2C1CC1. The maximum Gasteiger partial charge on any atom is 0.320 e. The lowest BCUT2D eigenvalue weighted by molar-refractivity contribution is -0.182. The van der Waals surface area contributed by atoms with Crippen LogP contribution in [0.25, 0.3) is 0 Å². The van der Waals surface area contributed by atoms with Gasteiger partial charge in [0.05, 0.1) is 25.9 Å². The molecule has 3 amide bonds. The molecule has 1 aromatic rings. The minimum atomic E-state index is -1.16. The van der Waals surface area contributed by atoms with Gasteiger partial charge in [-0.15, -0.1) is 0 Å². The van der Waals surface area contributed by atoms with E-state index in [1.54, 1.807) is 9.80 Å². The second-order valence-electron chi connectivity index (χ2n) is 13.1. The van der Waals surface area contributed by atoms with Crippen molar-refractivity contribution in [1.82, 2.24) is 14.7 Å². The number of fused-ring (bicyclic) bond motifs is 1. The summed E-state index contributed by atoms with van der Waals surface area (Å²) in [6.07, 6.45) is 5.36. The Kier molecular flexibility index (Phi) is 7.89. The molecule has 4 atom stereocenters. The van der Waals surface area contributed by atoms with E-state index < -0.39 is 23.4 Å². The van der Waals surface area contributed by atoms with Crippen molar-refractivity contribution in [2.24, 2.45) is 29.1 Å².